The third-order valence-electron chi connectivity index (χ3n) is 4.78. The van der Waals surface area contributed by atoms with E-state index in [1.54, 1.807) is 50.2 Å². The van der Waals surface area contributed by atoms with Gasteiger partial charge in [-0.1, -0.05) is 37.3 Å². The van der Waals surface area contributed by atoms with Crippen LogP contribution in [0.1, 0.15) is 55.2 Å². The lowest BCUT2D eigenvalue weighted by atomic mass is 9.98. The Kier molecular flexibility index (Phi) is 6.25. The highest BCUT2D eigenvalue weighted by atomic mass is 19.1. The standard InChI is InChI=1S/C22H23FN4O3/c1-13(2)27-22(30)18-7-5-4-6-17(18)20(26-27)21(29)25-24-19(28)12-14(3)15-8-10-16(23)11-9-15/h4-11,13-14H,12H2,1-3H3,(H,24,28)(H,25,29). The number of aromatic nitrogens is 2. The second-order valence-electron chi connectivity index (χ2n) is 7.40. The van der Waals surface area contributed by atoms with Gasteiger partial charge in [0.1, 0.15) is 5.82 Å². The summed E-state index contributed by atoms with van der Waals surface area (Å²) >= 11 is 0. The molecule has 0 spiro atoms. The molecule has 0 saturated heterocycles. The number of nitrogens with one attached hydrogen (secondary N) is 2. The topological polar surface area (TPSA) is 93.1 Å². The molecule has 156 valence electrons. The molecular weight excluding hydrogens is 387 g/mol. The normalized spacial score (nSPS) is 12.0. The first-order valence-electron chi connectivity index (χ1n) is 9.64. The van der Waals surface area contributed by atoms with Gasteiger partial charge in [-0.05, 0) is 43.5 Å². The van der Waals surface area contributed by atoms with Crippen molar-refractivity contribution in [2.75, 3.05) is 0 Å². The Hall–Kier alpha value is -3.55. The van der Waals surface area contributed by atoms with E-state index in [1.165, 1.54) is 16.8 Å². The summed E-state index contributed by atoms with van der Waals surface area (Å²) in [5.41, 5.74) is 5.33. The lowest BCUT2D eigenvalue weighted by Gasteiger charge is -2.15. The molecule has 1 atom stereocenters. The van der Waals surface area contributed by atoms with Gasteiger partial charge >= 0.3 is 0 Å². The first-order chi connectivity index (χ1) is 14.3. The minimum atomic E-state index is -0.622. The van der Waals surface area contributed by atoms with Gasteiger partial charge in [0.25, 0.3) is 11.5 Å². The predicted molar refractivity (Wildman–Crippen MR) is 111 cm³/mol. The largest absolute Gasteiger partial charge is 0.290 e. The fourth-order valence-corrected chi connectivity index (χ4v) is 3.15. The van der Waals surface area contributed by atoms with Gasteiger partial charge in [0.2, 0.25) is 5.91 Å². The molecule has 1 heterocycles. The van der Waals surface area contributed by atoms with Crippen molar-refractivity contribution < 1.29 is 14.0 Å². The maximum absolute atomic E-state index is 13.0. The number of benzene rings is 2. The van der Waals surface area contributed by atoms with Gasteiger partial charge in [0.05, 0.1) is 11.4 Å². The van der Waals surface area contributed by atoms with E-state index in [-0.39, 0.29) is 35.5 Å². The smallest absolute Gasteiger partial charge is 0.273 e. The van der Waals surface area contributed by atoms with E-state index in [9.17, 15) is 18.8 Å². The zero-order chi connectivity index (χ0) is 21.8. The first-order valence-corrected chi connectivity index (χ1v) is 9.64. The fraction of sp³-hybridized carbons (Fsp3) is 0.273. The Labute approximate surface area is 172 Å². The highest BCUT2D eigenvalue weighted by molar-refractivity contribution is 6.05. The van der Waals surface area contributed by atoms with Crippen molar-refractivity contribution in [3.8, 4) is 0 Å². The second kappa shape index (κ2) is 8.86. The second-order valence-corrected chi connectivity index (χ2v) is 7.40. The van der Waals surface area contributed by atoms with Gasteiger partial charge < -0.3 is 0 Å². The van der Waals surface area contributed by atoms with Crippen LogP contribution in [0.4, 0.5) is 4.39 Å². The third-order valence-corrected chi connectivity index (χ3v) is 4.78. The van der Waals surface area contributed by atoms with Crippen LogP contribution in [0.25, 0.3) is 10.8 Å². The molecule has 0 bridgehead atoms. The van der Waals surface area contributed by atoms with Gasteiger partial charge in [-0.15, -0.1) is 0 Å². The number of amides is 2. The molecule has 0 aliphatic heterocycles. The molecule has 0 aliphatic carbocycles. The molecule has 2 amide bonds. The summed E-state index contributed by atoms with van der Waals surface area (Å²) in [4.78, 5) is 37.5. The summed E-state index contributed by atoms with van der Waals surface area (Å²) in [6.45, 7) is 5.43. The maximum atomic E-state index is 13.0. The zero-order valence-electron chi connectivity index (χ0n) is 17.0. The molecule has 30 heavy (non-hydrogen) atoms. The minimum Gasteiger partial charge on any atom is -0.273 e. The third kappa shape index (κ3) is 4.53. The summed E-state index contributed by atoms with van der Waals surface area (Å²) in [5.74, 6) is -1.53. The molecule has 0 radical (unpaired) electrons. The van der Waals surface area contributed by atoms with Crippen LogP contribution in [0.3, 0.4) is 0 Å². The number of halogens is 1. The molecule has 3 aromatic rings. The number of carbonyl (C=O) groups is 2. The monoisotopic (exact) mass is 410 g/mol. The van der Waals surface area contributed by atoms with Crippen LogP contribution in [0.5, 0.6) is 0 Å². The summed E-state index contributed by atoms with van der Waals surface area (Å²) in [6.07, 6.45) is 0.103. The number of hydrazine groups is 1. The first kappa shape index (κ1) is 21.2. The van der Waals surface area contributed by atoms with Gasteiger partial charge in [0, 0.05) is 11.8 Å². The molecule has 0 fully saturated rings. The maximum Gasteiger partial charge on any atom is 0.290 e. The highest BCUT2D eigenvalue weighted by Crippen LogP contribution is 2.19. The molecule has 1 unspecified atom stereocenters. The molecule has 7 nitrogen and oxygen atoms in total. The SMILES string of the molecule is CC(CC(=O)NNC(=O)c1nn(C(C)C)c(=O)c2ccccc12)c1ccc(F)cc1. The number of hydrogen-bond acceptors (Lipinski definition) is 4. The van der Waals surface area contributed by atoms with Gasteiger partial charge in [0.15, 0.2) is 5.69 Å². The highest BCUT2D eigenvalue weighted by Gasteiger charge is 2.19. The number of hydrogen-bond donors (Lipinski definition) is 2. The molecule has 0 aliphatic rings. The Bertz CT molecular complexity index is 1140. The number of fused-ring (bicyclic) bond motifs is 1. The minimum absolute atomic E-state index is 0.0470. The van der Waals surface area contributed by atoms with E-state index in [2.05, 4.69) is 16.0 Å². The number of rotatable bonds is 5. The van der Waals surface area contributed by atoms with E-state index >= 15 is 0 Å². The van der Waals surface area contributed by atoms with E-state index in [1.807, 2.05) is 6.92 Å². The van der Waals surface area contributed by atoms with Crippen LogP contribution in [-0.2, 0) is 4.79 Å². The summed E-state index contributed by atoms with van der Waals surface area (Å²) in [6, 6.07) is 12.4. The molecule has 3 rings (SSSR count). The van der Waals surface area contributed by atoms with Crippen molar-refractivity contribution in [3.63, 3.8) is 0 Å². The van der Waals surface area contributed by atoms with E-state index in [0.717, 1.165) is 5.56 Å². The van der Waals surface area contributed by atoms with Crippen LogP contribution in [-0.4, -0.2) is 21.6 Å². The van der Waals surface area contributed by atoms with E-state index < -0.39 is 11.8 Å². The van der Waals surface area contributed by atoms with Gasteiger partial charge in [-0.2, -0.15) is 5.10 Å². The van der Waals surface area contributed by atoms with Gasteiger partial charge in [-0.25, -0.2) is 9.07 Å². The lowest BCUT2D eigenvalue weighted by molar-refractivity contribution is -0.122. The van der Waals surface area contributed by atoms with Crippen LogP contribution in [0, 0.1) is 5.82 Å². The average molecular weight is 410 g/mol. The molecule has 2 N–H and O–H groups in total. The summed E-state index contributed by atoms with van der Waals surface area (Å²) < 4.78 is 14.3. The molecule has 2 aromatic carbocycles. The van der Waals surface area contributed by atoms with Crippen molar-refractivity contribution in [2.45, 2.75) is 39.2 Å². The Morgan fingerprint density at radius 2 is 1.63 bits per heavy atom. The Balaban J connectivity index is 1.74. The zero-order valence-corrected chi connectivity index (χ0v) is 17.0. The summed E-state index contributed by atoms with van der Waals surface area (Å²) in [7, 11) is 0. The van der Waals surface area contributed by atoms with Gasteiger partial charge in [-0.3, -0.25) is 25.2 Å². The predicted octanol–water partition coefficient (Wildman–Crippen LogP) is 3.07. The Morgan fingerprint density at radius 3 is 2.27 bits per heavy atom. The molecule has 8 heteroatoms. The van der Waals surface area contributed by atoms with Crippen molar-refractivity contribution in [2.24, 2.45) is 0 Å². The quantitative estimate of drug-likeness (QED) is 0.632. The fourth-order valence-electron chi connectivity index (χ4n) is 3.15. The van der Waals surface area contributed by atoms with Crippen molar-refractivity contribution >= 4 is 22.6 Å². The van der Waals surface area contributed by atoms with Crippen LogP contribution >= 0.6 is 0 Å². The van der Waals surface area contributed by atoms with E-state index in [4.69, 9.17) is 0 Å². The summed E-state index contributed by atoms with van der Waals surface area (Å²) in [5, 5.41) is 4.99. The van der Waals surface area contributed by atoms with Crippen molar-refractivity contribution in [1.82, 2.24) is 20.6 Å². The molecular formula is C22H23FN4O3. The van der Waals surface area contributed by atoms with Crippen molar-refractivity contribution in [3.05, 3.63) is 76.0 Å². The average Bonchev–Trinajstić information content (AvgIpc) is 2.72. The van der Waals surface area contributed by atoms with E-state index in [0.29, 0.717) is 10.8 Å². The Morgan fingerprint density at radius 1 is 1.00 bits per heavy atom. The van der Waals surface area contributed by atoms with Crippen LogP contribution in [0.15, 0.2) is 53.3 Å². The lowest BCUT2D eigenvalue weighted by Crippen LogP contribution is -2.43. The van der Waals surface area contributed by atoms with Crippen LogP contribution < -0.4 is 16.4 Å². The molecule has 0 saturated carbocycles. The number of carbonyl (C=O) groups excluding carboxylic acids is 2. The van der Waals surface area contributed by atoms with Crippen LogP contribution in [0.2, 0.25) is 0 Å². The number of nitrogens with zero attached hydrogens (tertiary/aromatic N) is 2. The van der Waals surface area contributed by atoms with Crippen molar-refractivity contribution in [1.29, 1.82) is 0 Å². The molecule has 1 aromatic heterocycles.